The summed E-state index contributed by atoms with van der Waals surface area (Å²) in [5, 5.41) is 3.16. The molecule has 0 aliphatic carbocycles. The number of piperidine rings is 1. The summed E-state index contributed by atoms with van der Waals surface area (Å²) >= 11 is 0. The van der Waals surface area contributed by atoms with Gasteiger partial charge in [-0.25, -0.2) is 9.18 Å². The van der Waals surface area contributed by atoms with Crippen LogP contribution in [0, 0.1) is 0 Å². The number of benzene rings is 1. The lowest BCUT2D eigenvalue weighted by atomic mass is 10.0. The Balaban J connectivity index is 2.17. The summed E-state index contributed by atoms with van der Waals surface area (Å²) in [6.07, 6.45) is -1.08. The van der Waals surface area contributed by atoms with E-state index in [1.54, 1.807) is 0 Å². The predicted molar refractivity (Wildman–Crippen MR) is 84.4 cm³/mol. The third kappa shape index (κ3) is 4.70. The van der Waals surface area contributed by atoms with Gasteiger partial charge in [0, 0.05) is 13.1 Å². The summed E-state index contributed by atoms with van der Waals surface area (Å²) in [6, 6.07) is 9.11. The van der Waals surface area contributed by atoms with Crippen molar-refractivity contribution < 1.29 is 13.9 Å². The van der Waals surface area contributed by atoms with Crippen molar-refractivity contribution in [3.8, 4) is 0 Å². The van der Waals surface area contributed by atoms with E-state index < -0.39 is 23.9 Å². The number of alkyl halides is 1. The molecule has 1 aromatic rings. The average Bonchev–Trinajstić information content (AvgIpc) is 2.45. The monoisotopic (exact) mass is 308 g/mol. The Morgan fingerprint density at radius 1 is 1.36 bits per heavy atom. The molecule has 1 aliphatic rings. The number of nitrogens with one attached hydrogen (secondary N) is 1. The van der Waals surface area contributed by atoms with Crippen LogP contribution in [0.25, 0.3) is 0 Å². The number of hydrogen-bond donors (Lipinski definition) is 1. The van der Waals surface area contributed by atoms with Crippen molar-refractivity contribution in [2.75, 3.05) is 13.1 Å². The fourth-order valence-electron chi connectivity index (χ4n) is 2.53. The van der Waals surface area contributed by atoms with E-state index in [-0.39, 0.29) is 0 Å². The van der Waals surface area contributed by atoms with Gasteiger partial charge in [0.2, 0.25) is 0 Å². The van der Waals surface area contributed by atoms with Gasteiger partial charge in [-0.05, 0) is 39.3 Å². The Morgan fingerprint density at radius 2 is 2.05 bits per heavy atom. The second kappa shape index (κ2) is 7.09. The molecule has 22 heavy (non-hydrogen) atoms. The second-order valence-corrected chi connectivity index (χ2v) is 6.67. The Kier molecular flexibility index (Phi) is 5.40. The number of hydrogen-bond acceptors (Lipinski definition) is 3. The van der Waals surface area contributed by atoms with Gasteiger partial charge in [-0.3, -0.25) is 4.90 Å². The van der Waals surface area contributed by atoms with Gasteiger partial charge in [-0.15, -0.1) is 0 Å². The molecule has 0 saturated carbocycles. The van der Waals surface area contributed by atoms with Crippen molar-refractivity contribution >= 4 is 6.09 Å². The maximum Gasteiger partial charge on any atom is 0.410 e. The van der Waals surface area contributed by atoms with Crippen LogP contribution < -0.4 is 5.32 Å². The molecule has 1 amide bonds. The van der Waals surface area contributed by atoms with Gasteiger partial charge in [0.1, 0.15) is 11.8 Å². The molecule has 0 aromatic heterocycles. The second-order valence-electron chi connectivity index (χ2n) is 6.67. The molecule has 122 valence electrons. The van der Waals surface area contributed by atoms with E-state index in [0.29, 0.717) is 26.1 Å². The number of ether oxygens (including phenoxy) is 1. The number of carbonyl (C=O) groups excluding carboxylic acids is 1. The number of rotatable bonds is 3. The number of nitrogens with zero attached hydrogens (tertiary/aromatic N) is 1. The molecule has 1 aromatic carbocycles. The highest BCUT2D eigenvalue weighted by Gasteiger charge is 2.35. The van der Waals surface area contributed by atoms with E-state index in [1.807, 2.05) is 51.1 Å². The van der Waals surface area contributed by atoms with Crippen LogP contribution >= 0.6 is 0 Å². The fourth-order valence-corrected chi connectivity index (χ4v) is 2.53. The molecule has 0 radical (unpaired) electrons. The highest BCUT2D eigenvalue weighted by Crippen LogP contribution is 2.21. The zero-order valence-corrected chi connectivity index (χ0v) is 13.5. The third-order valence-corrected chi connectivity index (χ3v) is 3.59. The van der Waals surface area contributed by atoms with Crippen molar-refractivity contribution in [2.45, 2.75) is 51.6 Å². The summed E-state index contributed by atoms with van der Waals surface area (Å²) in [5.41, 5.74) is 0.367. The quantitative estimate of drug-likeness (QED) is 0.933. The minimum absolute atomic E-state index is 0.350. The van der Waals surface area contributed by atoms with Gasteiger partial charge in [0.25, 0.3) is 0 Å². The van der Waals surface area contributed by atoms with E-state index in [2.05, 4.69) is 5.32 Å². The Hall–Kier alpha value is -1.62. The molecule has 5 heteroatoms. The van der Waals surface area contributed by atoms with Crippen molar-refractivity contribution in [3.63, 3.8) is 0 Å². The zero-order valence-electron chi connectivity index (χ0n) is 13.5. The molecule has 2 atom stereocenters. The Bertz CT molecular complexity index is 487. The molecule has 1 N–H and O–H groups in total. The maximum absolute atomic E-state index is 14.3. The molecule has 0 bridgehead atoms. The third-order valence-electron chi connectivity index (χ3n) is 3.59. The van der Waals surface area contributed by atoms with Gasteiger partial charge < -0.3 is 10.1 Å². The van der Waals surface area contributed by atoms with Crippen LogP contribution in [-0.2, 0) is 11.3 Å². The van der Waals surface area contributed by atoms with Crippen molar-refractivity contribution in [3.05, 3.63) is 35.9 Å². The summed E-state index contributed by atoms with van der Waals surface area (Å²) in [6.45, 7) is 6.90. The lowest BCUT2D eigenvalue weighted by molar-refractivity contribution is -0.000595. The van der Waals surface area contributed by atoms with Gasteiger partial charge in [0.15, 0.2) is 0 Å². The van der Waals surface area contributed by atoms with Crippen LogP contribution in [0.3, 0.4) is 0 Å². The molecule has 1 fully saturated rings. The van der Waals surface area contributed by atoms with Crippen molar-refractivity contribution in [2.24, 2.45) is 0 Å². The Morgan fingerprint density at radius 3 is 2.64 bits per heavy atom. The van der Waals surface area contributed by atoms with E-state index in [4.69, 9.17) is 4.74 Å². The summed E-state index contributed by atoms with van der Waals surface area (Å²) in [5.74, 6) is 0. The van der Waals surface area contributed by atoms with Crippen LogP contribution in [0.2, 0.25) is 0 Å². The molecule has 4 nitrogen and oxygen atoms in total. The number of halogens is 1. The SMILES string of the molecule is CC(C)(C)OC(=O)N(Cc1ccccc1)C1CNCCC1F. The largest absolute Gasteiger partial charge is 0.444 e. The minimum atomic E-state index is -1.03. The molecular weight excluding hydrogens is 283 g/mol. The lowest BCUT2D eigenvalue weighted by Gasteiger charge is -2.37. The smallest absolute Gasteiger partial charge is 0.410 e. The van der Waals surface area contributed by atoms with Crippen molar-refractivity contribution in [1.82, 2.24) is 10.2 Å². The first-order valence-corrected chi connectivity index (χ1v) is 7.75. The summed E-state index contributed by atoms with van der Waals surface area (Å²) in [7, 11) is 0. The van der Waals surface area contributed by atoms with Gasteiger partial charge >= 0.3 is 6.09 Å². The molecule has 2 unspecified atom stereocenters. The molecule has 1 saturated heterocycles. The topological polar surface area (TPSA) is 41.6 Å². The van der Waals surface area contributed by atoms with Gasteiger partial charge in [0.05, 0.1) is 6.04 Å². The normalized spacial score (nSPS) is 22.2. The van der Waals surface area contributed by atoms with Crippen LogP contribution in [0.4, 0.5) is 9.18 Å². The van der Waals surface area contributed by atoms with E-state index >= 15 is 0 Å². The molecule has 1 aliphatic heterocycles. The fraction of sp³-hybridized carbons (Fsp3) is 0.588. The predicted octanol–water partition coefficient (Wildman–Crippen LogP) is 3.12. The van der Waals surface area contributed by atoms with E-state index in [0.717, 1.165) is 5.56 Å². The summed E-state index contributed by atoms with van der Waals surface area (Å²) in [4.78, 5) is 14.0. The highest BCUT2D eigenvalue weighted by atomic mass is 19.1. The molecule has 2 rings (SSSR count). The number of amides is 1. The van der Waals surface area contributed by atoms with Gasteiger partial charge in [-0.1, -0.05) is 30.3 Å². The van der Waals surface area contributed by atoms with E-state index in [9.17, 15) is 9.18 Å². The molecule has 0 spiro atoms. The lowest BCUT2D eigenvalue weighted by Crippen LogP contribution is -2.55. The first-order chi connectivity index (χ1) is 10.4. The van der Waals surface area contributed by atoms with Crippen LogP contribution in [-0.4, -0.2) is 41.9 Å². The zero-order chi connectivity index (χ0) is 16.2. The van der Waals surface area contributed by atoms with Crippen LogP contribution in [0.15, 0.2) is 30.3 Å². The summed E-state index contributed by atoms with van der Waals surface area (Å²) < 4.78 is 19.8. The first kappa shape index (κ1) is 16.7. The van der Waals surface area contributed by atoms with Gasteiger partial charge in [-0.2, -0.15) is 0 Å². The van der Waals surface area contributed by atoms with Crippen molar-refractivity contribution in [1.29, 1.82) is 0 Å². The first-order valence-electron chi connectivity index (χ1n) is 7.75. The highest BCUT2D eigenvalue weighted by molar-refractivity contribution is 5.68. The number of carbonyl (C=O) groups is 1. The maximum atomic E-state index is 14.3. The molecular formula is C17H25FN2O2. The van der Waals surface area contributed by atoms with Crippen LogP contribution in [0.5, 0.6) is 0 Å². The Labute approximate surface area is 131 Å². The standard InChI is InChI=1S/C17H25FN2O2/c1-17(2,3)22-16(21)20(12-13-7-5-4-6-8-13)15-11-19-10-9-14(15)18/h4-8,14-15,19H,9-12H2,1-3H3. The van der Waals surface area contributed by atoms with E-state index in [1.165, 1.54) is 4.90 Å². The average molecular weight is 308 g/mol. The minimum Gasteiger partial charge on any atom is -0.444 e. The van der Waals surface area contributed by atoms with Crippen LogP contribution in [0.1, 0.15) is 32.8 Å². The molecule has 1 heterocycles.